The second-order valence-corrected chi connectivity index (χ2v) is 7.10. The molecule has 0 saturated heterocycles. The highest BCUT2D eigenvalue weighted by atomic mass is 32.1. The van der Waals surface area contributed by atoms with Gasteiger partial charge in [0.25, 0.3) is 0 Å². The average molecular weight is 386 g/mol. The maximum Gasteiger partial charge on any atom is 0.346 e. The van der Waals surface area contributed by atoms with Crippen molar-refractivity contribution in [1.29, 1.82) is 0 Å². The van der Waals surface area contributed by atoms with Gasteiger partial charge in [0.2, 0.25) is 0 Å². The molecule has 140 valence electrons. The lowest BCUT2D eigenvalue weighted by molar-refractivity contribution is 0.475. The fourth-order valence-corrected chi connectivity index (χ4v) is 3.34. The summed E-state index contributed by atoms with van der Waals surface area (Å²) in [5.74, 6) is 0.233. The van der Waals surface area contributed by atoms with Crippen LogP contribution in [0.4, 0.5) is 4.39 Å². The van der Waals surface area contributed by atoms with E-state index in [1.165, 1.54) is 15.6 Å². The zero-order valence-corrected chi connectivity index (χ0v) is 15.3. The minimum Gasteiger partial charge on any atom is -0.508 e. The first-order chi connectivity index (χ1) is 13.1. The Kier molecular flexibility index (Phi) is 6.00. The molecule has 0 amide bonds. The number of thiophene rings is 1. The van der Waals surface area contributed by atoms with Crippen LogP contribution in [-0.4, -0.2) is 26.0 Å². The van der Waals surface area contributed by atoms with Crippen LogP contribution in [0.3, 0.4) is 0 Å². The van der Waals surface area contributed by atoms with E-state index in [0.29, 0.717) is 18.4 Å². The molecule has 0 aliphatic rings. The first-order valence-electron chi connectivity index (χ1n) is 8.25. The molecular weight excluding hydrogens is 367 g/mol. The number of nitrogens with two attached hydrogens (primary N) is 1. The molecule has 0 bridgehead atoms. The predicted octanol–water partition coefficient (Wildman–Crippen LogP) is 2.84. The maximum absolute atomic E-state index is 12.6. The first kappa shape index (κ1) is 18.8. The summed E-state index contributed by atoms with van der Waals surface area (Å²) in [7, 11) is 0. The van der Waals surface area contributed by atoms with Crippen molar-refractivity contribution >= 4 is 23.5 Å². The van der Waals surface area contributed by atoms with Gasteiger partial charge in [0.15, 0.2) is 0 Å². The highest BCUT2D eigenvalue weighted by Crippen LogP contribution is 2.20. The largest absolute Gasteiger partial charge is 0.508 e. The third-order valence-corrected chi connectivity index (χ3v) is 4.94. The molecule has 0 unspecified atom stereocenters. The molecule has 8 heteroatoms. The van der Waals surface area contributed by atoms with Gasteiger partial charge in [-0.15, -0.1) is 11.3 Å². The van der Waals surface area contributed by atoms with Gasteiger partial charge in [0.05, 0.1) is 19.4 Å². The van der Waals surface area contributed by atoms with Gasteiger partial charge in [-0.2, -0.15) is 5.10 Å². The summed E-state index contributed by atoms with van der Waals surface area (Å²) in [4.78, 5) is 14.4. The lowest BCUT2D eigenvalue weighted by Gasteiger charge is -2.01. The topological polar surface area (TPSA) is 86.1 Å². The van der Waals surface area contributed by atoms with Crippen molar-refractivity contribution in [3.8, 4) is 5.75 Å². The SMILES string of the molecule is NC/C(=C\F)Cn1ncn(Cc2ccc(/C=C/c3ccc(O)cc3)s2)c1=O. The highest BCUT2D eigenvalue weighted by Gasteiger charge is 2.08. The van der Waals surface area contributed by atoms with Crippen molar-refractivity contribution in [2.45, 2.75) is 13.1 Å². The summed E-state index contributed by atoms with van der Waals surface area (Å²) in [5, 5.41) is 13.3. The molecule has 0 spiro atoms. The molecule has 2 aromatic heterocycles. The van der Waals surface area contributed by atoms with Gasteiger partial charge in [-0.25, -0.2) is 13.9 Å². The van der Waals surface area contributed by atoms with E-state index < -0.39 is 0 Å². The van der Waals surface area contributed by atoms with E-state index in [0.717, 1.165) is 15.3 Å². The second-order valence-electron chi connectivity index (χ2n) is 5.90. The highest BCUT2D eigenvalue weighted by molar-refractivity contribution is 7.12. The fourth-order valence-electron chi connectivity index (χ4n) is 2.43. The normalized spacial score (nSPS) is 12.1. The number of benzene rings is 1. The Morgan fingerprint density at radius 2 is 2.00 bits per heavy atom. The Balaban J connectivity index is 1.68. The number of halogens is 1. The van der Waals surface area contributed by atoms with Crippen LogP contribution in [0.25, 0.3) is 12.2 Å². The van der Waals surface area contributed by atoms with E-state index in [1.807, 2.05) is 36.4 Å². The van der Waals surface area contributed by atoms with Crippen LogP contribution >= 0.6 is 11.3 Å². The number of phenolic OH excluding ortho intramolecular Hbond substituents is 1. The quantitative estimate of drug-likeness (QED) is 0.654. The van der Waals surface area contributed by atoms with Crippen LogP contribution in [0.2, 0.25) is 0 Å². The minimum atomic E-state index is -0.308. The summed E-state index contributed by atoms with van der Waals surface area (Å²) in [6.45, 7) is 0.481. The standard InChI is InChI=1S/C19H19FN4O2S/c20-9-15(10-21)11-24-19(26)23(13-22-24)12-18-8-7-17(27-18)6-3-14-1-4-16(25)5-2-14/h1-9,13,25H,10-12,21H2/b6-3+,15-9+. The Hall–Kier alpha value is -2.97. The smallest absolute Gasteiger partial charge is 0.346 e. The summed E-state index contributed by atoms with van der Waals surface area (Å²) in [6, 6.07) is 10.9. The molecule has 3 rings (SSSR count). The van der Waals surface area contributed by atoms with E-state index in [4.69, 9.17) is 5.73 Å². The van der Waals surface area contributed by atoms with Gasteiger partial charge < -0.3 is 10.8 Å². The zero-order chi connectivity index (χ0) is 19.2. The molecule has 3 aromatic rings. The predicted molar refractivity (Wildman–Crippen MR) is 105 cm³/mol. The van der Waals surface area contributed by atoms with Crippen LogP contribution in [0, 0.1) is 0 Å². The van der Waals surface area contributed by atoms with Gasteiger partial charge >= 0.3 is 5.69 Å². The number of hydrogen-bond donors (Lipinski definition) is 2. The van der Waals surface area contributed by atoms with Gasteiger partial charge in [0, 0.05) is 16.3 Å². The van der Waals surface area contributed by atoms with Crippen LogP contribution in [0.1, 0.15) is 15.3 Å². The molecule has 1 aromatic carbocycles. The van der Waals surface area contributed by atoms with Crippen molar-refractivity contribution in [3.63, 3.8) is 0 Å². The zero-order valence-electron chi connectivity index (χ0n) is 14.5. The number of hydrogen-bond acceptors (Lipinski definition) is 5. The third-order valence-electron chi connectivity index (χ3n) is 3.91. The molecule has 0 atom stereocenters. The van der Waals surface area contributed by atoms with Gasteiger partial charge in [0.1, 0.15) is 12.1 Å². The lowest BCUT2D eigenvalue weighted by atomic mass is 10.2. The molecule has 27 heavy (non-hydrogen) atoms. The summed E-state index contributed by atoms with van der Waals surface area (Å²) in [5.41, 5.74) is 6.40. The van der Waals surface area contributed by atoms with Gasteiger partial charge in [-0.05, 0) is 41.5 Å². The number of nitrogens with zero attached hydrogens (tertiary/aromatic N) is 3. The summed E-state index contributed by atoms with van der Waals surface area (Å²) >= 11 is 1.57. The van der Waals surface area contributed by atoms with Gasteiger partial charge in [-0.1, -0.05) is 18.2 Å². The summed E-state index contributed by atoms with van der Waals surface area (Å²) < 4.78 is 15.3. The Bertz CT molecular complexity index is 1020. The number of aromatic hydroxyl groups is 1. The van der Waals surface area contributed by atoms with Crippen molar-refractivity contribution in [1.82, 2.24) is 14.3 Å². The van der Waals surface area contributed by atoms with Crippen molar-refractivity contribution in [2.24, 2.45) is 5.73 Å². The lowest BCUT2D eigenvalue weighted by Crippen LogP contribution is -2.26. The third kappa shape index (κ3) is 4.81. The van der Waals surface area contributed by atoms with Crippen LogP contribution in [0.5, 0.6) is 5.75 Å². The van der Waals surface area contributed by atoms with Crippen molar-refractivity contribution < 1.29 is 9.50 Å². The van der Waals surface area contributed by atoms with Crippen molar-refractivity contribution in [3.05, 3.63) is 80.4 Å². The fraction of sp³-hybridized carbons (Fsp3) is 0.158. The van der Waals surface area contributed by atoms with E-state index in [-0.39, 0.29) is 24.5 Å². The van der Waals surface area contributed by atoms with Crippen LogP contribution < -0.4 is 11.4 Å². The molecular formula is C19H19FN4O2S. The molecule has 2 heterocycles. The summed E-state index contributed by atoms with van der Waals surface area (Å²) in [6.07, 6.45) is 5.79. The molecule has 0 saturated carbocycles. The Labute approximate surface area is 159 Å². The maximum atomic E-state index is 12.6. The molecule has 6 nitrogen and oxygen atoms in total. The van der Waals surface area contributed by atoms with E-state index in [9.17, 15) is 14.3 Å². The number of aromatic nitrogens is 3. The number of rotatable bonds is 7. The van der Waals surface area contributed by atoms with E-state index >= 15 is 0 Å². The molecule has 0 radical (unpaired) electrons. The molecule has 3 N–H and O–H groups in total. The van der Waals surface area contributed by atoms with Crippen LogP contribution in [0.15, 0.2) is 59.4 Å². The molecule has 0 aliphatic carbocycles. The van der Waals surface area contributed by atoms with Gasteiger partial charge in [-0.3, -0.25) is 4.57 Å². The monoisotopic (exact) mass is 386 g/mol. The van der Waals surface area contributed by atoms with Crippen molar-refractivity contribution in [2.75, 3.05) is 6.54 Å². The molecule has 0 fully saturated rings. The Morgan fingerprint density at radius 1 is 1.22 bits per heavy atom. The number of phenols is 1. The molecule has 0 aliphatic heterocycles. The van der Waals surface area contributed by atoms with E-state index in [1.54, 1.807) is 23.5 Å². The average Bonchev–Trinajstić information content (AvgIpc) is 3.27. The van der Waals surface area contributed by atoms with E-state index in [2.05, 4.69) is 5.10 Å². The minimum absolute atomic E-state index is 0.0391. The first-order valence-corrected chi connectivity index (χ1v) is 9.07. The van der Waals surface area contributed by atoms with Crippen LogP contribution in [-0.2, 0) is 13.1 Å². The Morgan fingerprint density at radius 3 is 2.70 bits per heavy atom. The second kappa shape index (κ2) is 8.61.